The number of carbonyl (C=O) groups is 2. The lowest BCUT2D eigenvalue weighted by atomic mass is 9.93. The molecule has 20 heavy (non-hydrogen) atoms. The third kappa shape index (κ3) is 2.81. The SMILES string of the molecule is CCC(C)C1C(=O)NC(C)C(=O)N1Cc1ccncc1. The Hall–Kier alpha value is -1.91. The Bertz CT molecular complexity index is 489. The average Bonchev–Trinajstić information content (AvgIpc) is 2.45. The topological polar surface area (TPSA) is 62.3 Å². The summed E-state index contributed by atoms with van der Waals surface area (Å²) in [5.41, 5.74) is 0.989. The predicted molar refractivity (Wildman–Crippen MR) is 75.6 cm³/mol. The van der Waals surface area contributed by atoms with Crippen molar-refractivity contribution in [2.75, 3.05) is 0 Å². The fourth-order valence-electron chi connectivity index (χ4n) is 2.54. The summed E-state index contributed by atoms with van der Waals surface area (Å²) in [4.78, 5) is 30.3. The monoisotopic (exact) mass is 275 g/mol. The van der Waals surface area contributed by atoms with Crippen LogP contribution in [-0.4, -0.2) is 33.8 Å². The predicted octanol–water partition coefficient (Wildman–Crippen LogP) is 1.34. The number of hydrogen-bond acceptors (Lipinski definition) is 3. The zero-order valence-electron chi connectivity index (χ0n) is 12.2. The van der Waals surface area contributed by atoms with Gasteiger partial charge in [-0.25, -0.2) is 0 Å². The second-order valence-electron chi connectivity index (χ2n) is 5.38. The number of nitrogens with one attached hydrogen (secondary N) is 1. The molecule has 0 saturated carbocycles. The Kier molecular flexibility index (Phi) is 4.37. The Morgan fingerprint density at radius 3 is 2.60 bits per heavy atom. The highest BCUT2D eigenvalue weighted by atomic mass is 16.2. The van der Waals surface area contributed by atoms with Crippen molar-refractivity contribution in [2.24, 2.45) is 5.92 Å². The number of rotatable bonds is 4. The van der Waals surface area contributed by atoms with Crippen molar-refractivity contribution >= 4 is 11.8 Å². The second kappa shape index (κ2) is 6.03. The van der Waals surface area contributed by atoms with Crippen LogP contribution >= 0.6 is 0 Å². The van der Waals surface area contributed by atoms with E-state index >= 15 is 0 Å². The molecule has 108 valence electrons. The molecule has 1 fully saturated rings. The summed E-state index contributed by atoms with van der Waals surface area (Å²) in [7, 11) is 0. The number of piperazine rings is 1. The summed E-state index contributed by atoms with van der Waals surface area (Å²) in [6.07, 6.45) is 4.25. The largest absolute Gasteiger partial charge is 0.343 e. The zero-order chi connectivity index (χ0) is 14.7. The Balaban J connectivity index is 2.27. The van der Waals surface area contributed by atoms with Gasteiger partial charge in [-0.15, -0.1) is 0 Å². The van der Waals surface area contributed by atoms with Gasteiger partial charge in [-0.2, -0.15) is 0 Å². The van der Waals surface area contributed by atoms with Gasteiger partial charge in [-0.05, 0) is 30.5 Å². The molecule has 1 saturated heterocycles. The van der Waals surface area contributed by atoms with Gasteiger partial charge in [0.25, 0.3) is 0 Å². The molecule has 0 radical (unpaired) electrons. The van der Waals surface area contributed by atoms with Crippen molar-refractivity contribution in [3.8, 4) is 0 Å². The second-order valence-corrected chi connectivity index (χ2v) is 5.38. The quantitative estimate of drug-likeness (QED) is 0.902. The molecule has 1 aliphatic heterocycles. The van der Waals surface area contributed by atoms with Gasteiger partial charge >= 0.3 is 0 Å². The van der Waals surface area contributed by atoms with Crippen LogP contribution in [-0.2, 0) is 16.1 Å². The number of pyridine rings is 1. The van der Waals surface area contributed by atoms with Crippen LogP contribution < -0.4 is 5.32 Å². The van der Waals surface area contributed by atoms with Crippen LogP contribution in [0.3, 0.4) is 0 Å². The maximum Gasteiger partial charge on any atom is 0.245 e. The molecule has 3 atom stereocenters. The first-order valence-corrected chi connectivity index (χ1v) is 7.04. The molecule has 0 aromatic carbocycles. The number of amides is 2. The number of hydrogen-bond donors (Lipinski definition) is 1. The summed E-state index contributed by atoms with van der Waals surface area (Å²) in [5, 5.41) is 2.77. The van der Waals surface area contributed by atoms with Crippen LogP contribution in [0, 0.1) is 5.92 Å². The van der Waals surface area contributed by atoms with Crippen LogP contribution in [0.25, 0.3) is 0 Å². The minimum atomic E-state index is -0.454. The molecule has 0 aliphatic carbocycles. The van der Waals surface area contributed by atoms with E-state index in [1.165, 1.54) is 0 Å². The van der Waals surface area contributed by atoms with E-state index in [-0.39, 0.29) is 17.7 Å². The van der Waals surface area contributed by atoms with Gasteiger partial charge in [0.15, 0.2) is 0 Å². The minimum Gasteiger partial charge on any atom is -0.343 e. The Morgan fingerprint density at radius 2 is 2.00 bits per heavy atom. The summed E-state index contributed by atoms with van der Waals surface area (Å²) >= 11 is 0. The molecule has 2 rings (SSSR count). The standard InChI is InChI=1S/C15H21N3O2/c1-4-10(2)13-14(19)17-11(3)15(20)18(13)9-12-5-7-16-8-6-12/h5-8,10-11,13H,4,9H2,1-3H3,(H,17,19). The van der Waals surface area contributed by atoms with Gasteiger partial charge in [0.2, 0.25) is 11.8 Å². The molecular formula is C15H21N3O2. The Labute approximate surface area is 119 Å². The van der Waals surface area contributed by atoms with Crippen LogP contribution in [0.15, 0.2) is 24.5 Å². The summed E-state index contributed by atoms with van der Waals surface area (Å²) in [6.45, 7) is 6.22. The van der Waals surface area contributed by atoms with E-state index in [9.17, 15) is 9.59 Å². The third-order valence-corrected chi connectivity index (χ3v) is 3.90. The van der Waals surface area contributed by atoms with Crippen molar-refractivity contribution in [1.82, 2.24) is 15.2 Å². The van der Waals surface area contributed by atoms with Gasteiger partial charge in [0.1, 0.15) is 12.1 Å². The van der Waals surface area contributed by atoms with Crippen LogP contribution in [0.4, 0.5) is 0 Å². The average molecular weight is 275 g/mol. The lowest BCUT2D eigenvalue weighted by Gasteiger charge is -2.40. The summed E-state index contributed by atoms with van der Waals surface area (Å²) in [6, 6.07) is 2.90. The fraction of sp³-hybridized carbons (Fsp3) is 0.533. The molecule has 1 aliphatic rings. The van der Waals surface area contributed by atoms with E-state index in [0.29, 0.717) is 6.54 Å². The molecule has 1 aromatic heterocycles. The molecule has 5 nitrogen and oxygen atoms in total. The van der Waals surface area contributed by atoms with Crippen molar-refractivity contribution in [3.05, 3.63) is 30.1 Å². The third-order valence-electron chi connectivity index (χ3n) is 3.90. The first-order valence-electron chi connectivity index (χ1n) is 7.04. The van der Waals surface area contributed by atoms with Crippen molar-refractivity contribution in [1.29, 1.82) is 0 Å². The van der Waals surface area contributed by atoms with Gasteiger partial charge in [-0.1, -0.05) is 20.3 Å². The van der Waals surface area contributed by atoms with E-state index in [4.69, 9.17) is 0 Å². The highest BCUT2D eigenvalue weighted by Crippen LogP contribution is 2.22. The molecule has 1 N–H and O–H groups in total. The van der Waals surface area contributed by atoms with Crippen molar-refractivity contribution < 1.29 is 9.59 Å². The molecule has 2 amide bonds. The lowest BCUT2D eigenvalue weighted by molar-refractivity contribution is -0.151. The van der Waals surface area contributed by atoms with Crippen LogP contribution in [0.2, 0.25) is 0 Å². The highest BCUT2D eigenvalue weighted by Gasteiger charge is 2.40. The Morgan fingerprint density at radius 1 is 1.35 bits per heavy atom. The number of aromatic nitrogens is 1. The molecule has 2 heterocycles. The number of carbonyl (C=O) groups excluding carboxylic acids is 2. The molecule has 0 spiro atoms. The molecule has 0 bridgehead atoms. The summed E-state index contributed by atoms with van der Waals surface area (Å²) < 4.78 is 0. The fourth-order valence-corrected chi connectivity index (χ4v) is 2.54. The van der Waals surface area contributed by atoms with Gasteiger partial charge in [0, 0.05) is 18.9 Å². The van der Waals surface area contributed by atoms with Crippen LogP contribution in [0.5, 0.6) is 0 Å². The molecule has 5 heteroatoms. The van der Waals surface area contributed by atoms with Gasteiger partial charge in [-0.3, -0.25) is 14.6 Å². The van der Waals surface area contributed by atoms with Crippen LogP contribution in [0.1, 0.15) is 32.8 Å². The number of nitrogens with zero attached hydrogens (tertiary/aromatic N) is 2. The van der Waals surface area contributed by atoms with E-state index in [1.54, 1.807) is 24.2 Å². The maximum absolute atomic E-state index is 12.4. The van der Waals surface area contributed by atoms with Crippen molar-refractivity contribution in [3.63, 3.8) is 0 Å². The maximum atomic E-state index is 12.4. The van der Waals surface area contributed by atoms with E-state index in [0.717, 1.165) is 12.0 Å². The smallest absolute Gasteiger partial charge is 0.245 e. The summed E-state index contributed by atoms with van der Waals surface area (Å²) in [5.74, 6) is 0.0560. The van der Waals surface area contributed by atoms with Crippen molar-refractivity contribution in [2.45, 2.75) is 45.8 Å². The van der Waals surface area contributed by atoms with E-state index < -0.39 is 12.1 Å². The van der Waals surface area contributed by atoms with Gasteiger partial charge in [0.05, 0.1) is 0 Å². The van der Waals surface area contributed by atoms with E-state index in [1.807, 2.05) is 26.0 Å². The lowest BCUT2D eigenvalue weighted by Crippen LogP contribution is -2.63. The highest BCUT2D eigenvalue weighted by molar-refractivity contribution is 5.96. The molecule has 1 aromatic rings. The molecule has 3 unspecified atom stereocenters. The normalized spacial score (nSPS) is 24.4. The van der Waals surface area contributed by atoms with E-state index in [2.05, 4.69) is 10.3 Å². The van der Waals surface area contributed by atoms with Gasteiger partial charge < -0.3 is 10.2 Å². The first kappa shape index (κ1) is 14.5. The molecular weight excluding hydrogens is 254 g/mol. The first-order chi connectivity index (χ1) is 9.54. The zero-order valence-corrected chi connectivity index (χ0v) is 12.2. The minimum absolute atomic E-state index is 0.0216.